The molecule has 1 fully saturated rings. The van der Waals surface area contributed by atoms with Gasteiger partial charge in [0.1, 0.15) is 11.3 Å². The summed E-state index contributed by atoms with van der Waals surface area (Å²) in [5, 5.41) is 3.44. The van der Waals surface area contributed by atoms with Crippen LogP contribution < -0.4 is 15.8 Å². The van der Waals surface area contributed by atoms with Gasteiger partial charge in [-0.1, -0.05) is 0 Å². The summed E-state index contributed by atoms with van der Waals surface area (Å²) in [5.41, 5.74) is 5.02. The van der Waals surface area contributed by atoms with Gasteiger partial charge in [-0.25, -0.2) is 9.97 Å². The Bertz CT molecular complexity index is 1240. The molecule has 0 radical (unpaired) electrons. The zero-order valence-corrected chi connectivity index (χ0v) is 16.0. The summed E-state index contributed by atoms with van der Waals surface area (Å²) in [6.45, 7) is 6.94. The highest BCUT2D eigenvalue weighted by Crippen LogP contribution is 2.20. The van der Waals surface area contributed by atoms with E-state index in [1.54, 1.807) is 10.5 Å². The molecule has 5 rings (SSSR count). The second kappa shape index (κ2) is 6.45. The highest BCUT2D eigenvalue weighted by Gasteiger charge is 2.17. The van der Waals surface area contributed by atoms with Crippen LogP contribution in [0.5, 0.6) is 0 Å². The lowest BCUT2D eigenvalue weighted by atomic mass is 10.2. The third-order valence-corrected chi connectivity index (χ3v) is 5.25. The number of anilines is 1. The van der Waals surface area contributed by atoms with Crippen molar-refractivity contribution in [1.82, 2.24) is 24.1 Å². The Hall–Kier alpha value is -3.19. The predicted molar refractivity (Wildman–Crippen MR) is 110 cm³/mol. The van der Waals surface area contributed by atoms with Crippen molar-refractivity contribution >= 4 is 17.0 Å². The van der Waals surface area contributed by atoms with Gasteiger partial charge in [-0.2, -0.15) is 0 Å². The minimum absolute atomic E-state index is 0.0769. The van der Waals surface area contributed by atoms with E-state index in [9.17, 15) is 4.79 Å². The van der Waals surface area contributed by atoms with Gasteiger partial charge in [0.15, 0.2) is 0 Å². The van der Waals surface area contributed by atoms with Crippen molar-refractivity contribution in [2.75, 3.05) is 24.5 Å². The second-order valence-electron chi connectivity index (χ2n) is 7.46. The lowest BCUT2D eigenvalue weighted by Crippen LogP contribution is -2.49. The molecule has 142 valence electrons. The Labute approximate surface area is 162 Å². The summed E-state index contributed by atoms with van der Waals surface area (Å²) in [6, 6.07) is 9.90. The zero-order valence-electron chi connectivity index (χ0n) is 16.0. The highest BCUT2D eigenvalue weighted by molar-refractivity contribution is 5.64. The SMILES string of the molecule is Cc1cn2cc(-c3cc(=O)n4cc(N5CCNC(C)C5)ccc4n3)ccc2n1. The van der Waals surface area contributed by atoms with Gasteiger partial charge in [-0.3, -0.25) is 9.20 Å². The number of fused-ring (bicyclic) bond motifs is 2. The first kappa shape index (κ1) is 16.9. The molecule has 7 heteroatoms. The molecule has 1 saturated heterocycles. The molecule has 4 aromatic rings. The van der Waals surface area contributed by atoms with Gasteiger partial charge >= 0.3 is 0 Å². The summed E-state index contributed by atoms with van der Waals surface area (Å²) in [7, 11) is 0. The molecule has 5 heterocycles. The van der Waals surface area contributed by atoms with Gasteiger partial charge in [0.2, 0.25) is 0 Å². The third-order valence-electron chi connectivity index (χ3n) is 5.25. The molecule has 0 amide bonds. The third kappa shape index (κ3) is 2.93. The van der Waals surface area contributed by atoms with Crippen LogP contribution in [0.4, 0.5) is 5.69 Å². The molecular formula is C21H22N6O. The van der Waals surface area contributed by atoms with Crippen LogP contribution in [0.15, 0.2) is 53.7 Å². The standard InChI is InChI=1S/C21H22N6O/c1-14-10-25(8-7-22-14)17-4-6-20-24-18(9-21(28)27(20)13-17)16-3-5-19-23-15(2)11-26(19)12-16/h3-6,9,11-14,22H,7-8,10H2,1-2H3. The van der Waals surface area contributed by atoms with E-state index in [-0.39, 0.29) is 5.56 Å². The predicted octanol–water partition coefficient (Wildman–Crippen LogP) is 2.12. The highest BCUT2D eigenvalue weighted by atomic mass is 16.1. The van der Waals surface area contributed by atoms with Crippen molar-refractivity contribution in [3.05, 3.63) is 65.0 Å². The molecule has 0 saturated carbocycles. The van der Waals surface area contributed by atoms with Crippen LogP contribution in [0, 0.1) is 6.92 Å². The number of aromatic nitrogens is 4. The lowest BCUT2D eigenvalue weighted by Gasteiger charge is -2.33. The maximum Gasteiger partial charge on any atom is 0.258 e. The summed E-state index contributed by atoms with van der Waals surface area (Å²) in [4.78, 5) is 24.3. The Morgan fingerprint density at radius 3 is 2.79 bits per heavy atom. The number of imidazole rings is 1. The van der Waals surface area contributed by atoms with Crippen LogP contribution in [-0.2, 0) is 0 Å². The van der Waals surface area contributed by atoms with E-state index in [4.69, 9.17) is 4.98 Å². The fraction of sp³-hybridized carbons (Fsp3) is 0.286. The molecule has 0 spiro atoms. The van der Waals surface area contributed by atoms with Crippen LogP contribution in [0.25, 0.3) is 22.6 Å². The number of hydrogen-bond acceptors (Lipinski definition) is 5. The molecule has 0 aromatic carbocycles. The lowest BCUT2D eigenvalue weighted by molar-refractivity contribution is 0.484. The minimum Gasteiger partial charge on any atom is -0.368 e. The number of pyridine rings is 2. The molecule has 1 N–H and O–H groups in total. The first-order valence-electron chi connectivity index (χ1n) is 9.54. The van der Waals surface area contributed by atoms with Crippen molar-refractivity contribution in [2.45, 2.75) is 19.9 Å². The van der Waals surface area contributed by atoms with Gasteiger partial charge in [0.25, 0.3) is 5.56 Å². The van der Waals surface area contributed by atoms with Gasteiger partial charge in [0, 0.05) is 55.9 Å². The van der Waals surface area contributed by atoms with Gasteiger partial charge < -0.3 is 14.6 Å². The number of piperazine rings is 1. The maximum atomic E-state index is 12.8. The molecule has 4 aromatic heterocycles. The van der Waals surface area contributed by atoms with E-state index < -0.39 is 0 Å². The summed E-state index contributed by atoms with van der Waals surface area (Å²) < 4.78 is 3.59. The average molecular weight is 374 g/mol. The first-order chi connectivity index (χ1) is 13.6. The molecule has 0 aliphatic carbocycles. The number of rotatable bonds is 2. The summed E-state index contributed by atoms with van der Waals surface area (Å²) in [5.74, 6) is 0. The molecule has 1 atom stereocenters. The van der Waals surface area contributed by atoms with Gasteiger partial charge in [0.05, 0.1) is 17.1 Å². The zero-order chi connectivity index (χ0) is 19.3. The van der Waals surface area contributed by atoms with Crippen molar-refractivity contribution in [2.24, 2.45) is 0 Å². The average Bonchev–Trinajstić information content (AvgIpc) is 3.07. The number of hydrogen-bond donors (Lipinski definition) is 1. The van der Waals surface area contributed by atoms with E-state index in [1.807, 2.05) is 54.2 Å². The van der Waals surface area contributed by atoms with Crippen LogP contribution in [0.1, 0.15) is 12.6 Å². The van der Waals surface area contributed by atoms with Crippen LogP contribution in [0.2, 0.25) is 0 Å². The monoisotopic (exact) mass is 374 g/mol. The molecule has 28 heavy (non-hydrogen) atoms. The summed E-state index contributed by atoms with van der Waals surface area (Å²) >= 11 is 0. The molecular weight excluding hydrogens is 352 g/mol. The number of nitrogens with zero attached hydrogens (tertiary/aromatic N) is 5. The second-order valence-corrected chi connectivity index (χ2v) is 7.46. The molecule has 0 bridgehead atoms. The van der Waals surface area contributed by atoms with E-state index in [1.165, 1.54) is 0 Å². The van der Waals surface area contributed by atoms with E-state index in [2.05, 4.69) is 22.1 Å². The fourth-order valence-electron chi connectivity index (χ4n) is 3.86. The normalized spacial score (nSPS) is 17.5. The maximum absolute atomic E-state index is 12.8. The topological polar surface area (TPSA) is 66.9 Å². The first-order valence-corrected chi connectivity index (χ1v) is 9.54. The van der Waals surface area contributed by atoms with Crippen molar-refractivity contribution < 1.29 is 0 Å². The summed E-state index contributed by atoms with van der Waals surface area (Å²) in [6.07, 6.45) is 5.83. The van der Waals surface area contributed by atoms with Gasteiger partial charge in [-0.15, -0.1) is 0 Å². The van der Waals surface area contributed by atoms with Crippen molar-refractivity contribution in [1.29, 1.82) is 0 Å². The number of nitrogens with one attached hydrogen (secondary N) is 1. The Kier molecular flexibility index (Phi) is 3.91. The smallest absolute Gasteiger partial charge is 0.258 e. The van der Waals surface area contributed by atoms with E-state index in [0.29, 0.717) is 17.4 Å². The minimum atomic E-state index is -0.0769. The molecule has 1 aliphatic heterocycles. The molecule has 7 nitrogen and oxygen atoms in total. The van der Waals surface area contributed by atoms with Crippen molar-refractivity contribution in [3.8, 4) is 11.3 Å². The Morgan fingerprint density at radius 2 is 1.93 bits per heavy atom. The van der Waals surface area contributed by atoms with Crippen LogP contribution in [0.3, 0.4) is 0 Å². The quantitative estimate of drug-likeness (QED) is 0.582. The fourth-order valence-corrected chi connectivity index (χ4v) is 3.86. The van der Waals surface area contributed by atoms with E-state index >= 15 is 0 Å². The molecule has 1 unspecified atom stereocenters. The number of aryl methyl sites for hydroxylation is 1. The molecule has 1 aliphatic rings. The Morgan fingerprint density at radius 1 is 1.07 bits per heavy atom. The van der Waals surface area contributed by atoms with E-state index in [0.717, 1.165) is 42.2 Å². The van der Waals surface area contributed by atoms with Crippen molar-refractivity contribution in [3.63, 3.8) is 0 Å². The van der Waals surface area contributed by atoms with Crippen LogP contribution in [-0.4, -0.2) is 44.4 Å². The Balaban J connectivity index is 1.56. The van der Waals surface area contributed by atoms with Gasteiger partial charge in [-0.05, 0) is 38.1 Å². The van der Waals surface area contributed by atoms with Crippen LogP contribution >= 0.6 is 0 Å². The largest absolute Gasteiger partial charge is 0.368 e.